The zero-order valence-electron chi connectivity index (χ0n) is 12.7. The van der Waals surface area contributed by atoms with Crippen LogP contribution < -0.4 is 5.32 Å². The second-order valence-corrected chi connectivity index (χ2v) is 6.63. The van der Waals surface area contributed by atoms with Gasteiger partial charge in [-0.25, -0.2) is 0 Å². The summed E-state index contributed by atoms with van der Waals surface area (Å²) in [5, 5.41) is 13.5. The van der Waals surface area contributed by atoms with Crippen LogP contribution in [-0.4, -0.2) is 42.1 Å². The highest BCUT2D eigenvalue weighted by Crippen LogP contribution is 2.36. The number of nitrogens with zero attached hydrogens (tertiary/aromatic N) is 1. The van der Waals surface area contributed by atoms with Crippen molar-refractivity contribution in [3.8, 4) is 5.75 Å². The maximum atomic E-state index is 12.7. The monoisotopic (exact) mass is 288 g/mol. The summed E-state index contributed by atoms with van der Waals surface area (Å²) in [5.41, 5.74) is 1.68. The van der Waals surface area contributed by atoms with E-state index in [1.165, 1.54) is 19.3 Å². The summed E-state index contributed by atoms with van der Waals surface area (Å²) in [6.07, 6.45) is 4.64. The Bertz CT molecular complexity index is 530. The molecule has 4 heteroatoms. The Labute approximate surface area is 126 Å². The quantitative estimate of drug-likeness (QED) is 0.834. The number of nitrogens with one attached hydrogen (secondary N) is 1. The lowest BCUT2D eigenvalue weighted by Gasteiger charge is -2.45. The molecule has 0 bridgehead atoms. The number of carbonyl (C=O) groups excluding carboxylic acids is 1. The molecule has 1 atom stereocenters. The first-order chi connectivity index (χ1) is 10.1. The highest BCUT2D eigenvalue weighted by atomic mass is 16.3. The minimum atomic E-state index is -0.0270. The molecule has 0 aromatic heterocycles. The lowest BCUT2D eigenvalue weighted by atomic mass is 9.74. The van der Waals surface area contributed by atoms with Crippen molar-refractivity contribution >= 4 is 5.91 Å². The normalized spacial score (nSPS) is 26.0. The number of amides is 1. The van der Waals surface area contributed by atoms with Gasteiger partial charge < -0.3 is 15.3 Å². The van der Waals surface area contributed by atoms with Gasteiger partial charge in [0.1, 0.15) is 5.75 Å². The topological polar surface area (TPSA) is 52.6 Å². The molecule has 0 saturated carbocycles. The van der Waals surface area contributed by atoms with Crippen molar-refractivity contribution in [2.45, 2.75) is 32.6 Å². The molecule has 21 heavy (non-hydrogen) atoms. The molecule has 114 valence electrons. The van der Waals surface area contributed by atoms with Gasteiger partial charge >= 0.3 is 0 Å². The van der Waals surface area contributed by atoms with Crippen LogP contribution in [0.15, 0.2) is 18.2 Å². The third-order valence-corrected chi connectivity index (χ3v) is 4.89. The third kappa shape index (κ3) is 2.91. The molecule has 1 unspecified atom stereocenters. The Morgan fingerprint density at radius 1 is 1.33 bits per heavy atom. The first-order valence-corrected chi connectivity index (χ1v) is 7.89. The molecule has 2 aliphatic rings. The molecule has 0 aliphatic carbocycles. The Morgan fingerprint density at radius 3 is 2.90 bits per heavy atom. The number of aryl methyl sites for hydroxylation is 1. The average Bonchev–Trinajstić information content (AvgIpc) is 2.50. The second kappa shape index (κ2) is 5.68. The number of aromatic hydroxyl groups is 1. The molecule has 1 spiro atoms. The van der Waals surface area contributed by atoms with Crippen LogP contribution in [0.4, 0.5) is 0 Å². The number of benzene rings is 1. The van der Waals surface area contributed by atoms with Crippen molar-refractivity contribution in [1.29, 1.82) is 0 Å². The Kier molecular flexibility index (Phi) is 3.89. The Balaban J connectivity index is 1.79. The zero-order valence-corrected chi connectivity index (χ0v) is 12.7. The van der Waals surface area contributed by atoms with E-state index in [1.807, 2.05) is 17.9 Å². The summed E-state index contributed by atoms with van der Waals surface area (Å²) in [4.78, 5) is 14.7. The second-order valence-electron chi connectivity index (χ2n) is 6.63. The minimum Gasteiger partial charge on any atom is -0.507 e. The van der Waals surface area contributed by atoms with E-state index >= 15 is 0 Å². The molecular weight excluding hydrogens is 264 g/mol. The number of likely N-dealkylation sites (tertiary alicyclic amines) is 1. The molecule has 1 aromatic rings. The number of phenols is 1. The van der Waals surface area contributed by atoms with E-state index in [4.69, 9.17) is 0 Å². The fourth-order valence-corrected chi connectivity index (χ4v) is 3.75. The summed E-state index contributed by atoms with van der Waals surface area (Å²) in [6, 6.07) is 5.23. The van der Waals surface area contributed by atoms with E-state index in [-0.39, 0.29) is 17.1 Å². The van der Waals surface area contributed by atoms with Gasteiger partial charge in [0.2, 0.25) is 0 Å². The highest BCUT2D eigenvalue weighted by Gasteiger charge is 2.38. The standard InChI is InChI=1S/C17H24N2O2/c1-13-4-5-15(20)14(10-13)16(21)19-9-3-7-17(12-19)6-2-8-18-11-17/h4-5,10,18,20H,2-3,6-9,11-12H2,1H3. The Morgan fingerprint density at radius 2 is 2.14 bits per heavy atom. The SMILES string of the molecule is Cc1ccc(O)c(C(=O)N2CCCC3(CCCNC3)C2)c1. The molecule has 4 nitrogen and oxygen atoms in total. The van der Waals surface area contributed by atoms with E-state index in [1.54, 1.807) is 12.1 Å². The van der Waals surface area contributed by atoms with Gasteiger partial charge in [-0.1, -0.05) is 11.6 Å². The van der Waals surface area contributed by atoms with Crippen LogP contribution >= 0.6 is 0 Å². The first-order valence-electron chi connectivity index (χ1n) is 7.89. The van der Waals surface area contributed by atoms with Gasteiger partial charge in [0.25, 0.3) is 5.91 Å². The number of carbonyl (C=O) groups is 1. The van der Waals surface area contributed by atoms with Gasteiger partial charge in [-0.3, -0.25) is 4.79 Å². The van der Waals surface area contributed by atoms with Crippen molar-refractivity contribution < 1.29 is 9.90 Å². The van der Waals surface area contributed by atoms with Crippen molar-refractivity contribution in [3.63, 3.8) is 0 Å². The summed E-state index contributed by atoms with van der Waals surface area (Å²) in [7, 11) is 0. The van der Waals surface area contributed by atoms with Gasteiger partial charge in [0.05, 0.1) is 5.56 Å². The van der Waals surface area contributed by atoms with Crippen molar-refractivity contribution in [2.75, 3.05) is 26.2 Å². The zero-order chi connectivity index (χ0) is 14.9. The fourth-order valence-electron chi connectivity index (χ4n) is 3.75. The molecule has 2 fully saturated rings. The lowest BCUT2D eigenvalue weighted by molar-refractivity contribution is 0.0431. The molecule has 2 heterocycles. The van der Waals surface area contributed by atoms with Crippen LogP contribution in [0.3, 0.4) is 0 Å². The molecule has 1 aromatic carbocycles. The molecule has 2 aliphatic heterocycles. The van der Waals surface area contributed by atoms with Gasteiger partial charge in [-0.05, 0) is 51.3 Å². The van der Waals surface area contributed by atoms with E-state index in [9.17, 15) is 9.90 Å². The smallest absolute Gasteiger partial charge is 0.257 e. The van der Waals surface area contributed by atoms with Gasteiger partial charge in [0.15, 0.2) is 0 Å². The summed E-state index contributed by atoms with van der Waals surface area (Å²) < 4.78 is 0. The van der Waals surface area contributed by atoms with Crippen LogP contribution in [0.25, 0.3) is 0 Å². The van der Waals surface area contributed by atoms with Gasteiger partial charge in [0, 0.05) is 25.0 Å². The highest BCUT2D eigenvalue weighted by molar-refractivity contribution is 5.97. The van der Waals surface area contributed by atoms with E-state index in [2.05, 4.69) is 5.32 Å². The van der Waals surface area contributed by atoms with E-state index in [0.29, 0.717) is 5.56 Å². The summed E-state index contributed by atoms with van der Waals surface area (Å²) in [5.74, 6) is 0.0628. The fraction of sp³-hybridized carbons (Fsp3) is 0.588. The molecular formula is C17H24N2O2. The maximum absolute atomic E-state index is 12.7. The first kappa shape index (κ1) is 14.4. The maximum Gasteiger partial charge on any atom is 0.257 e. The molecule has 3 rings (SSSR count). The van der Waals surface area contributed by atoms with Crippen molar-refractivity contribution in [1.82, 2.24) is 10.2 Å². The van der Waals surface area contributed by atoms with Crippen LogP contribution in [-0.2, 0) is 0 Å². The average molecular weight is 288 g/mol. The van der Waals surface area contributed by atoms with Gasteiger partial charge in [-0.15, -0.1) is 0 Å². The largest absolute Gasteiger partial charge is 0.507 e. The number of piperidine rings is 2. The van der Waals surface area contributed by atoms with Crippen LogP contribution in [0, 0.1) is 12.3 Å². The van der Waals surface area contributed by atoms with Crippen LogP contribution in [0.2, 0.25) is 0 Å². The molecule has 2 saturated heterocycles. The van der Waals surface area contributed by atoms with E-state index < -0.39 is 0 Å². The predicted octanol–water partition coefficient (Wildman–Crippen LogP) is 2.31. The Hall–Kier alpha value is -1.55. The predicted molar refractivity (Wildman–Crippen MR) is 82.5 cm³/mol. The van der Waals surface area contributed by atoms with Crippen molar-refractivity contribution in [2.24, 2.45) is 5.41 Å². The van der Waals surface area contributed by atoms with E-state index in [0.717, 1.165) is 38.2 Å². The molecule has 0 radical (unpaired) electrons. The molecule has 2 N–H and O–H groups in total. The summed E-state index contributed by atoms with van der Waals surface area (Å²) >= 11 is 0. The summed E-state index contributed by atoms with van der Waals surface area (Å²) in [6.45, 7) is 5.66. The van der Waals surface area contributed by atoms with Crippen molar-refractivity contribution in [3.05, 3.63) is 29.3 Å². The number of hydrogen-bond acceptors (Lipinski definition) is 3. The number of phenolic OH excluding ortho intramolecular Hbond substituents is 1. The third-order valence-electron chi connectivity index (χ3n) is 4.89. The lowest BCUT2D eigenvalue weighted by Crippen LogP contribution is -2.52. The number of rotatable bonds is 1. The van der Waals surface area contributed by atoms with Gasteiger partial charge in [-0.2, -0.15) is 0 Å². The molecule has 1 amide bonds. The van der Waals surface area contributed by atoms with Crippen LogP contribution in [0.5, 0.6) is 5.75 Å². The van der Waals surface area contributed by atoms with Crippen LogP contribution in [0.1, 0.15) is 41.6 Å². The number of hydrogen-bond donors (Lipinski definition) is 2. The minimum absolute atomic E-state index is 0.0270.